The molecule has 0 unspecified atom stereocenters. The van der Waals surface area contributed by atoms with Crippen molar-refractivity contribution in [2.24, 2.45) is 0 Å². The number of rotatable bonds is 8. The van der Waals surface area contributed by atoms with E-state index in [-0.39, 0.29) is 11.8 Å². The number of aromatic nitrogens is 4. The van der Waals surface area contributed by atoms with Crippen molar-refractivity contribution >= 4 is 11.7 Å². The number of hydrogen-bond donors (Lipinski definition) is 2. The summed E-state index contributed by atoms with van der Waals surface area (Å²) in [7, 11) is 0. The zero-order valence-electron chi connectivity index (χ0n) is 17.3. The zero-order chi connectivity index (χ0) is 21.5. The summed E-state index contributed by atoms with van der Waals surface area (Å²) in [6.45, 7) is 2.93. The Hall–Kier alpha value is -4.00. The van der Waals surface area contributed by atoms with Gasteiger partial charge in [0.2, 0.25) is 5.91 Å². The van der Waals surface area contributed by atoms with Crippen LogP contribution in [-0.2, 0) is 4.79 Å². The van der Waals surface area contributed by atoms with Crippen LogP contribution in [0.25, 0.3) is 5.82 Å². The minimum atomic E-state index is -0.350. The van der Waals surface area contributed by atoms with Crippen molar-refractivity contribution in [2.45, 2.75) is 12.8 Å². The number of aryl methyl sites for hydroxylation is 1. The lowest BCUT2D eigenvalue weighted by molar-refractivity contribution is -0.121. The fraction of sp³-hybridized carbons (Fsp3) is 0.167. The molecule has 4 rings (SSSR count). The molecular weight excluding hydrogens is 388 g/mol. The van der Waals surface area contributed by atoms with Gasteiger partial charge in [0.05, 0.1) is 5.92 Å². The van der Waals surface area contributed by atoms with Gasteiger partial charge in [0.1, 0.15) is 23.8 Å². The van der Waals surface area contributed by atoms with Gasteiger partial charge in [0, 0.05) is 31.5 Å². The van der Waals surface area contributed by atoms with Crippen molar-refractivity contribution in [3.63, 3.8) is 0 Å². The molecule has 2 aromatic carbocycles. The standard InChI is InChI=1S/C24H24N6O/c1-18-25-14-15-30(18)22-16-21(28-17-29-22)26-12-13-27-24(31)23(19-8-4-2-5-9-19)20-10-6-3-7-11-20/h2-11,14-17,23H,12-13H2,1H3,(H,27,31)(H,26,28,29). The third-order valence-corrected chi connectivity index (χ3v) is 4.98. The first-order valence-corrected chi connectivity index (χ1v) is 10.2. The highest BCUT2D eigenvalue weighted by Gasteiger charge is 2.21. The number of hydrogen-bond acceptors (Lipinski definition) is 5. The highest BCUT2D eigenvalue weighted by Crippen LogP contribution is 2.24. The van der Waals surface area contributed by atoms with E-state index >= 15 is 0 Å². The molecule has 4 aromatic rings. The zero-order valence-corrected chi connectivity index (χ0v) is 17.3. The van der Waals surface area contributed by atoms with Crippen LogP contribution in [0.3, 0.4) is 0 Å². The van der Waals surface area contributed by atoms with Crippen LogP contribution in [0.5, 0.6) is 0 Å². The molecule has 0 aliphatic carbocycles. The van der Waals surface area contributed by atoms with E-state index < -0.39 is 0 Å². The van der Waals surface area contributed by atoms with E-state index in [9.17, 15) is 4.79 Å². The van der Waals surface area contributed by atoms with Gasteiger partial charge >= 0.3 is 0 Å². The highest BCUT2D eigenvalue weighted by molar-refractivity contribution is 5.87. The van der Waals surface area contributed by atoms with Gasteiger partial charge in [-0.2, -0.15) is 0 Å². The number of carbonyl (C=O) groups is 1. The first-order valence-electron chi connectivity index (χ1n) is 10.2. The Morgan fingerprint density at radius 1 is 0.935 bits per heavy atom. The molecule has 1 amide bonds. The SMILES string of the molecule is Cc1nccn1-c1cc(NCCNC(=O)C(c2ccccc2)c2ccccc2)ncn1. The predicted molar refractivity (Wildman–Crippen MR) is 120 cm³/mol. The molecule has 7 heteroatoms. The van der Waals surface area contributed by atoms with E-state index in [0.717, 1.165) is 22.8 Å². The molecule has 0 spiro atoms. The molecule has 0 fully saturated rings. The van der Waals surface area contributed by atoms with Gasteiger partial charge in [0.25, 0.3) is 0 Å². The molecule has 2 heterocycles. The molecule has 0 saturated carbocycles. The predicted octanol–water partition coefficient (Wildman–Crippen LogP) is 3.33. The number of nitrogens with zero attached hydrogens (tertiary/aromatic N) is 4. The Balaban J connectivity index is 1.38. The van der Waals surface area contributed by atoms with Crippen molar-refractivity contribution in [3.05, 3.63) is 102 Å². The van der Waals surface area contributed by atoms with Crippen LogP contribution in [0.15, 0.2) is 85.5 Å². The molecular formula is C24H24N6O. The van der Waals surface area contributed by atoms with Crippen molar-refractivity contribution in [2.75, 3.05) is 18.4 Å². The Morgan fingerprint density at radius 3 is 2.23 bits per heavy atom. The van der Waals surface area contributed by atoms with Crippen LogP contribution in [0.2, 0.25) is 0 Å². The Kier molecular flexibility index (Phi) is 6.32. The smallest absolute Gasteiger partial charge is 0.232 e. The lowest BCUT2D eigenvalue weighted by Gasteiger charge is -2.18. The van der Waals surface area contributed by atoms with Gasteiger partial charge in [0.15, 0.2) is 0 Å². The maximum absolute atomic E-state index is 13.0. The molecule has 2 aromatic heterocycles. The second-order valence-corrected chi connectivity index (χ2v) is 7.08. The molecule has 156 valence electrons. The first kappa shape index (κ1) is 20.3. The van der Waals surface area contributed by atoms with E-state index in [1.165, 1.54) is 6.33 Å². The van der Waals surface area contributed by atoms with Crippen molar-refractivity contribution in [1.82, 2.24) is 24.8 Å². The maximum Gasteiger partial charge on any atom is 0.232 e. The summed E-state index contributed by atoms with van der Waals surface area (Å²) < 4.78 is 1.89. The summed E-state index contributed by atoms with van der Waals surface area (Å²) in [5.74, 6) is 1.90. The second-order valence-electron chi connectivity index (χ2n) is 7.08. The van der Waals surface area contributed by atoms with Crippen LogP contribution < -0.4 is 10.6 Å². The Labute approximate surface area is 181 Å². The average molecular weight is 412 g/mol. The van der Waals surface area contributed by atoms with E-state index in [1.54, 1.807) is 6.20 Å². The number of anilines is 1. The van der Waals surface area contributed by atoms with Crippen LogP contribution in [-0.4, -0.2) is 38.5 Å². The van der Waals surface area contributed by atoms with E-state index in [2.05, 4.69) is 25.6 Å². The van der Waals surface area contributed by atoms with Gasteiger partial charge < -0.3 is 10.6 Å². The quantitative estimate of drug-likeness (QED) is 0.434. The summed E-state index contributed by atoms with van der Waals surface area (Å²) in [5, 5.41) is 6.28. The molecule has 0 bridgehead atoms. The Morgan fingerprint density at radius 2 is 1.61 bits per heavy atom. The number of amides is 1. The molecule has 0 saturated heterocycles. The largest absolute Gasteiger partial charge is 0.368 e. The topological polar surface area (TPSA) is 84.7 Å². The normalized spacial score (nSPS) is 10.8. The summed E-state index contributed by atoms with van der Waals surface area (Å²) in [6.07, 6.45) is 5.10. The third kappa shape index (κ3) is 4.95. The van der Waals surface area contributed by atoms with E-state index in [0.29, 0.717) is 18.9 Å². The molecule has 2 N–H and O–H groups in total. The van der Waals surface area contributed by atoms with Gasteiger partial charge in [-0.15, -0.1) is 0 Å². The molecule has 0 radical (unpaired) electrons. The first-order chi connectivity index (χ1) is 15.2. The minimum absolute atomic E-state index is 0.0309. The Bertz CT molecular complexity index is 1090. The van der Waals surface area contributed by atoms with Crippen LogP contribution in [0, 0.1) is 6.92 Å². The molecule has 31 heavy (non-hydrogen) atoms. The van der Waals surface area contributed by atoms with Gasteiger partial charge in [-0.1, -0.05) is 60.7 Å². The van der Waals surface area contributed by atoms with Gasteiger partial charge in [-0.3, -0.25) is 9.36 Å². The molecule has 0 atom stereocenters. The van der Waals surface area contributed by atoms with Crippen LogP contribution in [0.4, 0.5) is 5.82 Å². The van der Waals surface area contributed by atoms with Crippen molar-refractivity contribution in [3.8, 4) is 5.82 Å². The molecule has 0 aliphatic rings. The maximum atomic E-state index is 13.0. The lowest BCUT2D eigenvalue weighted by atomic mass is 9.90. The second kappa shape index (κ2) is 9.67. The third-order valence-electron chi connectivity index (χ3n) is 4.98. The highest BCUT2D eigenvalue weighted by atomic mass is 16.1. The van der Waals surface area contributed by atoms with Gasteiger partial charge in [-0.25, -0.2) is 15.0 Å². The molecule has 7 nitrogen and oxygen atoms in total. The average Bonchev–Trinajstić information content (AvgIpc) is 3.24. The number of imidazole rings is 1. The van der Waals surface area contributed by atoms with E-state index in [1.807, 2.05) is 84.4 Å². The van der Waals surface area contributed by atoms with Crippen molar-refractivity contribution < 1.29 is 4.79 Å². The lowest BCUT2D eigenvalue weighted by Crippen LogP contribution is -2.33. The summed E-state index contributed by atoms with van der Waals surface area (Å²) in [4.78, 5) is 25.8. The van der Waals surface area contributed by atoms with Crippen molar-refractivity contribution in [1.29, 1.82) is 0 Å². The van der Waals surface area contributed by atoms with E-state index in [4.69, 9.17) is 0 Å². The summed E-state index contributed by atoms with van der Waals surface area (Å²) in [5.41, 5.74) is 1.94. The van der Waals surface area contributed by atoms with Crippen LogP contribution in [0.1, 0.15) is 22.9 Å². The number of nitrogens with one attached hydrogen (secondary N) is 2. The van der Waals surface area contributed by atoms with Crippen LogP contribution >= 0.6 is 0 Å². The number of carbonyl (C=O) groups excluding carboxylic acids is 1. The minimum Gasteiger partial charge on any atom is -0.368 e. The summed E-state index contributed by atoms with van der Waals surface area (Å²) >= 11 is 0. The number of benzene rings is 2. The van der Waals surface area contributed by atoms with Gasteiger partial charge in [-0.05, 0) is 18.1 Å². The summed E-state index contributed by atoms with van der Waals surface area (Å²) in [6, 6.07) is 21.5. The monoisotopic (exact) mass is 412 g/mol. The fourth-order valence-electron chi connectivity index (χ4n) is 3.46. The fourth-order valence-corrected chi connectivity index (χ4v) is 3.46. The molecule has 0 aliphatic heterocycles.